The van der Waals surface area contributed by atoms with Crippen molar-refractivity contribution in [2.45, 2.75) is 18.9 Å². The summed E-state index contributed by atoms with van der Waals surface area (Å²) in [5, 5.41) is 15.7. The Kier molecular flexibility index (Phi) is 3.70. The van der Waals surface area contributed by atoms with Crippen molar-refractivity contribution in [1.82, 2.24) is 5.32 Å². The van der Waals surface area contributed by atoms with Gasteiger partial charge < -0.3 is 10.6 Å². The third-order valence-corrected chi connectivity index (χ3v) is 2.87. The highest BCUT2D eigenvalue weighted by Crippen LogP contribution is 2.25. The average molecular weight is 271 g/mol. The Morgan fingerprint density at radius 3 is 2.74 bits per heavy atom. The van der Waals surface area contributed by atoms with Crippen LogP contribution in [0.3, 0.4) is 0 Å². The van der Waals surface area contributed by atoms with Gasteiger partial charge in [-0.05, 0) is 19.4 Å². The van der Waals surface area contributed by atoms with Crippen molar-refractivity contribution >= 4 is 17.3 Å². The number of anilines is 1. The first-order chi connectivity index (χ1) is 8.99. The maximum atomic E-state index is 13.4. The summed E-state index contributed by atoms with van der Waals surface area (Å²) >= 11 is 0. The number of hydrogen-bond donors (Lipinski definition) is 2. The van der Waals surface area contributed by atoms with Crippen LogP contribution in [0.25, 0.3) is 0 Å². The van der Waals surface area contributed by atoms with Gasteiger partial charge in [-0.1, -0.05) is 0 Å². The highest BCUT2D eigenvalue weighted by Gasteiger charge is 2.25. The number of nitrogens with zero attached hydrogens (tertiary/aromatic N) is 1. The fraction of sp³-hybridized carbons (Fsp3) is 0.364. The smallest absolute Gasteiger partial charge is 0.307 e. The SMILES string of the molecule is O=C(Nc1cc([N+](=O)[O-])c(F)cc1F)C1CCCN1. The number of nitro benzene ring substituents is 1. The van der Waals surface area contributed by atoms with Crippen LogP contribution in [0.4, 0.5) is 20.2 Å². The molecule has 1 amide bonds. The van der Waals surface area contributed by atoms with Gasteiger partial charge in [0.1, 0.15) is 5.82 Å². The second-order valence-electron chi connectivity index (χ2n) is 4.18. The summed E-state index contributed by atoms with van der Waals surface area (Å²) in [6.45, 7) is 0.685. The van der Waals surface area contributed by atoms with Crippen molar-refractivity contribution in [2.75, 3.05) is 11.9 Å². The first-order valence-electron chi connectivity index (χ1n) is 5.66. The van der Waals surface area contributed by atoms with E-state index >= 15 is 0 Å². The van der Waals surface area contributed by atoms with E-state index in [4.69, 9.17) is 0 Å². The third-order valence-electron chi connectivity index (χ3n) is 2.87. The van der Waals surface area contributed by atoms with Gasteiger partial charge >= 0.3 is 5.69 Å². The van der Waals surface area contributed by atoms with Gasteiger partial charge in [0, 0.05) is 12.1 Å². The van der Waals surface area contributed by atoms with Crippen molar-refractivity contribution < 1.29 is 18.5 Å². The van der Waals surface area contributed by atoms with Gasteiger partial charge in [0.2, 0.25) is 11.7 Å². The standard InChI is InChI=1S/C11H11F2N3O3/c12-6-4-7(13)10(16(18)19)5-9(6)15-11(17)8-2-1-3-14-8/h4-5,8,14H,1-3H2,(H,15,17). The molecule has 0 aromatic heterocycles. The van der Waals surface area contributed by atoms with E-state index in [0.29, 0.717) is 25.1 Å². The van der Waals surface area contributed by atoms with Crippen molar-refractivity contribution in [3.63, 3.8) is 0 Å². The zero-order chi connectivity index (χ0) is 14.0. The normalized spacial score (nSPS) is 18.3. The van der Waals surface area contributed by atoms with Crippen molar-refractivity contribution in [1.29, 1.82) is 0 Å². The minimum Gasteiger partial charge on any atom is -0.322 e. The predicted octanol–water partition coefficient (Wildman–Crippen LogP) is 1.56. The van der Waals surface area contributed by atoms with Crippen LogP contribution >= 0.6 is 0 Å². The number of carbonyl (C=O) groups is 1. The second kappa shape index (κ2) is 5.27. The largest absolute Gasteiger partial charge is 0.322 e. The van der Waals surface area contributed by atoms with Gasteiger partial charge in [-0.15, -0.1) is 0 Å². The number of rotatable bonds is 3. The van der Waals surface area contributed by atoms with E-state index in [0.717, 1.165) is 6.42 Å². The molecule has 1 saturated heterocycles. The molecular formula is C11H11F2N3O3. The summed E-state index contributed by atoms with van der Waals surface area (Å²) in [4.78, 5) is 21.3. The maximum Gasteiger partial charge on any atom is 0.307 e. The number of amides is 1. The van der Waals surface area contributed by atoms with E-state index in [1.165, 1.54) is 0 Å². The van der Waals surface area contributed by atoms with Gasteiger partial charge in [-0.25, -0.2) is 4.39 Å². The molecule has 1 aliphatic heterocycles. The van der Waals surface area contributed by atoms with Crippen LogP contribution in [0.2, 0.25) is 0 Å². The Balaban J connectivity index is 2.21. The van der Waals surface area contributed by atoms with E-state index in [9.17, 15) is 23.7 Å². The lowest BCUT2D eigenvalue weighted by Crippen LogP contribution is -2.35. The first kappa shape index (κ1) is 13.3. The Morgan fingerprint density at radius 2 is 2.16 bits per heavy atom. The van der Waals surface area contributed by atoms with Crippen LogP contribution in [0.1, 0.15) is 12.8 Å². The maximum absolute atomic E-state index is 13.4. The molecule has 1 fully saturated rings. The Hall–Kier alpha value is -2.09. The number of hydrogen-bond acceptors (Lipinski definition) is 4. The number of nitro groups is 1. The molecule has 0 radical (unpaired) electrons. The Labute approximate surface area is 106 Å². The molecule has 1 aromatic carbocycles. The molecule has 0 saturated carbocycles. The molecule has 1 unspecified atom stereocenters. The third kappa shape index (κ3) is 2.84. The molecule has 2 rings (SSSR count). The van der Waals surface area contributed by atoms with Crippen LogP contribution in [-0.4, -0.2) is 23.4 Å². The molecule has 2 N–H and O–H groups in total. The molecule has 102 valence electrons. The van der Waals surface area contributed by atoms with Crippen molar-refractivity contribution in [2.24, 2.45) is 0 Å². The lowest BCUT2D eigenvalue weighted by molar-refractivity contribution is -0.387. The number of benzene rings is 1. The van der Waals surface area contributed by atoms with Crippen molar-refractivity contribution in [3.05, 3.63) is 33.9 Å². The molecule has 8 heteroatoms. The molecule has 0 bridgehead atoms. The lowest BCUT2D eigenvalue weighted by Gasteiger charge is -2.11. The van der Waals surface area contributed by atoms with Gasteiger partial charge in [0.05, 0.1) is 16.7 Å². The minimum atomic E-state index is -1.28. The van der Waals surface area contributed by atoms with E-state index in [1.807, 2.05) is 0 Å². The highest BCUT2D eigenvalue weighted by molar-refractivity contribution is 5.95. The summed E-state index contributed by atoms with van der Waals surface area (Å²) in [5.74, 6) is -2.81. The second-order valence-corrected chi connectivity index (χ2v) is 4.18. The van der Waals surface area contributed by atoms with Crippen LogP contribution in [0, 0.1) is 21.7 Å². The van der Waals surface area contributed by atoms with E-state index in [2.05, 4.69) is 10.6 Å². The number of halogens is 2. The first-order valence-corrected chi connectivity index (χ1v) is 5.66. The average Bonchev–Trinajstić information content (AvgIpc) is 2.85. The molecule has 1 atom stereocenters. The summed E-state index contributed by atoms with van der Waals surface area (Å²) in [6.07, 6.45) is 1.43. The monoisotopic (exact) mass is 271 g/mol. The van der Waals surface area contributed by atoms with Crippen LogP contribution in [-0.2, 0) is 4.79 Å². The number of nitrogens with one attached hydrogen (secondary N) is 2. The zero-order valence-electron chi connectivity index (χ0n) is 9.78. The van der Waals surface area contributed by atoms with E-state index < -0.39 is 39.9 Å². The molecule has 0 spiro atoms. The molecule has 1 aliphatic rings. The molecule has 19 heavy (non-hydrogen) atoms. The van der Waals surface area contributed by atoms with Crippen LogP contribution in [0.15, 0.2) is 12.1 Å². The molecule has 0 aliphatic carbocycles. The van der Waals surface area contributed by atoms with E-state index in [-0.39, 0.29) is 0 Å². The Morgan fingerprint density at radius 1 is 1.42 bits per heavy atom. The Bertz CT molecular complexity index is 530. The topological polar surface area (TPSA) is 84.3 Å². The summed E-state index contributed by atoms with van der Waals surface area (Å²) < 4.78 is 26.6. The highest BCUT2D eigenvalue weighted by atomic mass is 19.1. The fourth-order valence-corrected chi connectivity index (χ4v) is 1.90. The number of carbonyl (C=O) groups excluding carboxylic acids is 1. The minimum absolute atomic E-state index is 0.385. The van der Waals surface area contributed by atoms with Gasteiger partial charge in [-0.3, -0.25) is 14.9 Å². The van der Waals surface area contributed by atoms with Gasteiger partial charge in [-0.2, -0.15) is 4.39 Å². The van der Waals surface area contributed by atoms with Crippen molar-refractivity contribution in [3.8, 4) is 0 Å². The molecule has 6 nitrogen and oxygen atoms in total. The van der Waals surface area contributed by atoms with Crippen LogP contribution in [0.5, 0.6) is 0 Å². The summed E-state index contributed by atoms with van der Waals surface area (Å²) in [7, 11) is 0. The fourth-order valence-electron chi connectivity index (χ4n) is 1.90. The van der Waals surface area contributed by atoms with E-state index in [1.54, 1.807) is 0 Å². The molecule has 1 aromatic rings. The van der Waals surface area contributed by atoms with Gasteiger partial charge in [0.25, 0.3) is 0 Å². The zero-order valence-corrected chi connectivity index (χ0v) is 9.78. The summed E-state index contributed by atoms with van der Waals surface area (Å²) in [6, 6.07) is 0.608. The predicted molar refractivity (Wildman–Crippen MR) is 62.7 cm³/mol. The summed E-state index contributed by atoms with van der Waals surface area (Å²) in [5.41, 5.74) is -1.28. The quantitative estimate of drug-likeness (QED) is 0.645. The van der Waals surface area contributed by atoms with Gasteiger partial charge in [0.15, 0.2) is 0 Å². The lowest BCUT2D eigenvalue weighted by atomic mass is 10.2. The molecule has 1 heterocycles. The van der Waals surface area contributed by atoms with Crippen LogP contribution < -0.4 is 10.6 Å². The molecular weight excluding hydrogens is 260 g/mol.